The van der Waals surface area contributed by atoms with E-state index in [1.165, 1.54) is 11.5 Å². The number of nitrogens with one attached hydrogen (secondary N) is 1. The van der Waals surface area contributed by atoms with Crippen LogP contribution in [0.3, 0.4) is 0 Å². The smallest absolute Gasteiger partial charge is 0.136 e. The van der Waals surface area contributed by atoms with E-state index in [1.54, 1.807) is 0 Å². The molecule has 0 saturated carbocycles. The summed E-state index contributed by atoms with van der Waals surface area (Å²) in [6, 6.07) is 5.96. The first-order chi connectivity index (χ1) is 9.20. The number of ether oxygens (including phenoxy) is 1. The lowest BCUT2D eigenvalue weighted by atomic mass is 10.2. The van der Waals surface area contributed by atoms with Crippen LogP contribution >= 0.6 is 27.5 Å². The molecule has 0 fully saturated rings. The van der Waals surface area contributed by atoms with Gasteiger partial charge >= 0.3 is 0 Å². The average molecular weight is 342 g/mol. The van der Waals surface area contributed by atoms with Crippen LogP contribution in [-0.2, 0) is 6.61 Å². The van der Waals surface area contributed by atoms with Gasteiger partial charge in [-0.1, -0.05) is 27.3 Å². The molecule has 1 aromatic heterocycles. The minimum Gasteiger partial charge on any atom is -0.487 e. The maximum absolute atomic E-state index is 5.80. The van der Waals surface area contributed by atoms with Gasteiger partial charge in [0.25, 0.3) is 0 Å². The Bertz CT molecular complexity index is 544. The van der Waals surface area contributed by atoms with Crippen LogP contribution < -0.4 is 10.1 Å². The predicted molar refractivity (Wildman–Crippen MR) is 81.9 cm³/mol. The first-order valence-corrected chi connectivity index (χ1v) is 7.71. The largest absolute Gasteiger partial charge is 0.487 e. The van der Waals surface area contributed by atoms with E-state index in [4.69, 9.17) is 4.74 Å². The molecular weight excluding hydrogens is 326 g/mol. The highest BCUT2D eigenvalue weighted by atomic mass is 79.9. The Labute approximate surface area is 125 Å². The van der Waals surface area contributed by atoms with Crippen LogP contribution in [0, 0.1) is 6.92 Å². The summed E-state index contributed by atoms with van der Waals surface area (Å²) in [5.41, 5.74) is 1.96. The maximum atomic E-state index is 5.80. The Hall–Kier alpha value is -1.14. The lowest BCUT2D eigenvalue weighted by molar-refractivity contribution is 0.299. The molecule has 1 heterocycles. The maximum Gasteiger partial charge on any atom is 0.136 e. The van der Waals surface area contributed by atoms with Gasteiger partial charge < -0.3 is 10.1 Å². The van der Waals surface area contributed by atoms with Crippen LogP contribution in [0.25, 0.3) is 0 Å². The standard InChI is InChI=1S/C13H16BrN3OS/c1-3-6-15-13-11(16-17-19-13)8-18-12-5-4-10(14)7-9(12)2/h4-5,7,15H,3,6,8H2,1-2H3. The van der Waals surface area contributed by atoms with Gasteiger partial charge in [-0.3, -0.25) is 0 Å². The van der Waals surface area contributed by atoms with Crippen molar-refractivity contribution in [2.45, 2.75) is 26.9 Å². The van der Waals surface area contributed by atoms with Crippen molar-refractivity contribution in [1.29, 1.82) is 0 Å². The van der Waals surface area contributed by atoms with E-state index in [-0.39, 0.29) is 0 Å². The molecule has 6 heteroatoms. The molecule has 0 amide bonds. The molecule has 0 aliphatic carbocycles. The van der Waals surface area contributed by atoms with Crippen LogP contribution in [0.4, 0.5) is 5.00 Å². The highest BCUT2D eigenvalue weighted by molar-refractivity contribution is 9.10. The number of rotatable bonds is 6. The quantitative estimate of drug-likeness (QED) is 0.862. The van der Waals surface area contributed by atoms with Crippen LogP contribution in [0.1, 0.15) is 24.6 Å². The van der Waals surface area contributed by atoms with Crippen molar-refractivity contribution >= 4 is 32.5 Å². The number of hydrogen-bond donors (Lipinski definition) is 1. The fraction of sp³-hybridized carbons (Fsp3) is 0.385. The molecule has 0 atom stereocenters. The summed E-state index contributed by atoms with van der Waals surface area (Å²) in [5, 5.41) is 8.41. The molecule has 102 valence electrons. The van der Waals surface area contributed by atoms with E-state index < -0.39 is 0 Å². The topological polar surface area (TPSA) is 47.0 Å². The minimum absolute atomic E-state index is 0.436. The van der Waals surface area contributed by atoms with E-state index in [2.05, 4.69) is 37.8 Å². The number of anilines is 1. The van der Waals surface area contributed by atoms with Gasteiger partial charge in [0.2, 0.25) is 0 Å². The predicted octanol–water partition coefficient (Wildman–Crippen LogP) is 4.01. The summed E-state index contributed by atoms with van der Waals surface area (Å²) in [4.78, 5) is 0. The Morgan fingerprint density at radius 2 is 2.26 bits per heavy atom. The molecule has 1 aromatic carbocycles. The first kappa shape index (κ1) is 14.3. The number of hydrogen-bond acceptors (Lipinski definition) is 5. The summed E-state index contributed by atoms with van der Waals surface area (Å²) in [5.74, 6) is 0.873. The van der Waals surface area contributed by atoms with Crippen LogP contribution in [0.2, 0.25) is 0 Å². The van der Waals surface area contributed by atoms with Crippen molar-refractivity contribution in [2.75, 3.05) is 11.9 Å². The molecule has 0 unspecified atom stereocenters. The van der Waals surface area contributed by atoms with E-state index in [0.717, 1.165) is 39.4 Å². The van der Waals surface area contributed by atoms with Crippen LogP contribution in [0.15, 0.2) is 22.7 Å². The monoisotopic (exact) mass is 341 g/mol. The van der Waals surface area contributed by atoms with Crippen molar-refractivity contribution < 1.29 is 4.74 Å². The third-order valence-corrected chi connectivity index (χ3v) is 3.81. The molecule has 2 aromatic rings. The second kappa shape index (κ2) is 6.86. The molecule has 0 aliphatic rings. The molecule has 4 nitrogen and oxygen atoms in total. The van der Waals surface area contributed by atoms with Gasteiger partial charge in [0.15, 0.2) is 0 Å². The van der Waals surface area contributed by atoms with Gasteiger partial charge in [-0.05, 0) is 37.1 Å². The summed E-state index contributed by atoms with van der Waals surface area (Å²) < 4.78 is 10.8. The summed E-state index contributed by atoms with van der Waals surface area (Å²) in [6.45, 7) is 5.51. The lowest BCUT2D eigenvalue weighted by Crippen LogP contribution is -2.04. The Morgan fingerprint density at radius 1 is 1.42 bits per heavy atom. The molecule has 0 radical (unpaired) electrons. The van der Waals surface area contributed by atoms with E-state index >= 15 is 0 Å². The molecule has 0 saturated heterocycles. The molecule has 0 spiro atoms. The molecule has 0 bridgehead atoms. The number of halogens is 1. The molecule has 19 heavy (non-hydrogen) atoms. The summed E-state index contributed by atoms with van der Waals surface area (Å²) >= 11 is 4.81. The lowest BCUT2D eigenvalue weighted by Gasteiger charge is -2.09. The molecule has 0 aliphatic heterocycles. The normalized spacial score (nSPS) is 10.5. The van der Waals surface area contributed by atoms with Crippen molar-refractivity contribution in [3.63, 3.8) is 0 Å². The summed E-state index contributed by atoms with van der Waals surface area (Å²) in [7, 11) is 0. The van der Waals surface area contributed by atoms with E-state index in [0.29, 0.717) is 6.61 Å². The fourth-order valence-electron chi connectivity index (χ4n) is 1.60. The minimum atomic E-state index is 0.436. The molecular formula is C13H16BrN3OS. The highest BCUT2D eigenvalue weighted by Crippen LogP contribution is 2.24. The molecule has 2 rings (SSSR count). The van der Waals surface area contributed by atoms with E-state index in [1.807, 2.05) is 25.1 Å². The van der Waals surface area contributed by atoms with Gasteiger partial charge in [0.1, 0.15) is 23.1 Å². The third kappa shape index (κ3) is 3.91. The zero-order valence-corrected chi connectivity index (χ0v) is 13.3. The average Bonchev–Trinajstić information content (AvgIpc) is 2.83. The van der Waals surface area contributed by atoms with Crippen molar-refractivity contribution in [3.05, 3.63) is 33.9 Å². The number of benzene rings is 1. The second-order valence-electron chi connectivity index (χ2n) is 4.17. The number of aromatic nitrogens is 2. The van der Waals surface area contributed by atoms with Gasteiger partial charge in [-0.25, -0.2) is 0 Å². The third-order valence-electron chi connectivity index (χ3n) is 2.59. The second-order valence-corrected chi connectivity index (χ2v) is 5.84. The Morgan fingerprint density at radius 3 is 3.00 bits per heavy atom. The highest BCUT2D eigenvalue weighted by Gasteiger charge is 2.09. The summed E-state index contributed by atoms with van der Waals surface area (Å²) in [6.07, 6.45) is 1.07. The van der Waals surface area contributed by atoms with Crippen LogP contribution in [-0.4, -0.2) is 16.1 Å². The van der Waals surface area contributed by atoms with Gasteiger partial charge in [-0.15, -0.1) is 5.10 Å². The number of nitrogens with zero attached hydrogens (tertiary/aromatic N) is 2. The number of aryl methyl sites for hydroxylation is 1. The zero-order chi connectivity index (χ0) is 13.7. The van der Waals surface area contributed by atoms with Crippen LogP contribution in [0.5, 0.6) is 5.75 Å². The van der Waals surface area contributed by atoms with Crippen molar-refractivity contribution in [1.82, 2.24) is 9.59 Å². The van der Waals surface area contributed by atoms with E-state index in [9.17, 15) is 0 Å². The SMILES string of the molecule is CCCNc1snnc1COc1ccc(Br)cc1C. The fourth-order valence-corrected chi connectivity index (χ4v) is 2.67. The van der Waals surface area contributed by atoms with Gasteiger partial charge in [0.05, 0.1) is 0 Å². The molecule has 1 N–H and O–H groups in total. The van der Waals surface area contributed by atoms with Gasteiger partial charge in [0, 0.05) is 22.5 Å². The first-order valence-electron chi connectivity index (χ1n) is 6.14. The zero-order valence-electron chi connectivity index (χ0n) is 10.9. The van der Waals surface area contributed by atoms with Crippen molar-refractivity contribution in [3.8, 4) is 5.75 Å². The Balaban J connectivity index is 2.00. The Kier molecular flexibility index (Phi) is 5.15. The van der Waals surface area contributed by atoms with Crippen molar-refractivity contribution in [2.24, 2.45) is 0 Å². The van der Waals surface area contributed by atoms with Gasteiger partial charge in [-0.2, -0.15) is 0 Å².